The van der Waals surface area contributed by atoms with E-state index < -0.39 is 46.0 Å². The number of carbonyl (C=O) groups excluding carboxylic acids is 4. The number of alkyl halides is 2. The third-order valence-corrected chi connectivity index (χ3v) is 10.3. The molecule has 42 heavy (non-hydrogen) atoms. The smallest absolute Gasteiger partial charge is 0.338 e. The number of esters is 1. The maximum absolute atomic E-state index is 14.1. The van der Waals surface area contributed by atoms with Gasteiger partial charge in [0.2, 0.25) is 11.8 Å². The quantitative estimate of drug-likeness (QED) is 0.105. The molecule has 0 radical (unpaired) electrons. The van der Waals surface area contributed by atoms with Gasteiger partial charge in [0.1, 0.15) is 9.75 Å². The Kier molecular flexibility index (Phi) is 6.21. The number of hydrogen-bond acceptors (Lipinski definition) is 5. The first-order chi connectivity index (χ1) is 20.2. The van der Waals surface area contributed by atoms with Crippen LogP contribution in [-0.4, -0.2) is 30.2 Å². The van der Waals surface area contributed by atoms with Crippen molar-refractivity contribution in [3.8, 4) is 0 Å². The Balaban J connectivity index is 1.18. The first kappa shape index (κ1) is 27.1. The van der Waals surface area contributed by atoms with Crippen LogP contribution in [0.15, 0.2) is 102 Å². The highest BCUT2D eigenvalue weighted by Gasteiger charge is 2.73. The number of imide groups is 1. The lowest BCUT2D eigenvalue weighted by Crippen LogP contribution is -2.57. The number of nitrogens with zero attached hydrogens (tertiary/aromatic N) is 1. The molecule has 0 N–H and O–H groups in total. The molecule has 4 aromatic rings. The molecular weight excluding hydrogens is 641 g/mol. The van der Waals surface area contributed by atoms with E-state index in [2.05, 4.69) is 15.9 Å². The Morgan fingerprint density at radius 2 is 1.12 bits per heavy atom. The van der Waals surface area contributed by atoms with E-state index >= 15 is 0 Å². The van der Waals surface area contributed by atoms with Gasteiger partial charge in [-0.2, -0.15) is 0 Å². The summed E-state index contributed by atoms with van der Waals surface area (Å²) in [6, 6.07) is 27.5. The Morgan fingerprint density at radius 1 is 0.690 bits per heavy atom. The molecule has 1 fully saturated rings. The summed E-state index contributed by atoms with van der Waals surface area (Å²) >= 11 is 18.2. The van der Waals surface area contributed by atoms with Crippen LogP contribution in [0.1, 0.15) is 43.0 Å². The zero-order valence-corrected chi connectivity index (χ0v) is 24.8. The topological polar surface area (TPSA) is 80.8 Å². The summed E-state index contributed by atoms with van der Waals surface area (Å²) in [7, 11) is 0. The van der Waals surface area contributed by atoms with Gasteiger partial charge < -0.3 is 4.74 Å². The van der Waals surface area contributed by atoms with E-state index in [1.54, 1.807) is 24.3 Å². The molecule has 3 aliphatic carbocycles. The summed E-state index contributed by atoms with van der Waals surface area (Å²) in [6.45, 7) is -0.425. The van der Waals surface area contributed by atoms with E-state index in [-0.39, 0.29) is 17.0 Å². The molecule has 8 rings (SSSR count). The average molecular weight is 661 g/mol. The molecule has 0 saturated carbocycles. The van der Waals surface area contributed by atoms with Gasteiger partial charge in [-0.25, -0.2) is 9.69 Å². The molecule has 2 amide bonds. The van der Waals surface area contributed by atoms with Crippen LogP contribution < -0.4 is 4.90 Å². The fourth-order valence-corrected chi connectivity index (χ4v) is 7.96. The van der Waals surface area contributed by atoms with Crippen LogP contribution in [0, 0.1) is 11.8 Å². The van der Waals surface area contributed by atoms with Gasteiger partial charge in [0.05, 0.1) is 23.1 Å². The molecule has 6 nitrogen and oxygen atoms in total. The van der Waals surface area contributed by atoms with Crippen molar-refractivity contribution < 1.29 is 23.9 Å². The number of rotatable bonds is 5. The molecule has 4 aliphatic rings. The maximum Gasteiger partial charge on any atom is 0.338 e. The van der Waals surface area contributed by atoms with Gasteiger partial charge in [-0.1, -0.05) is 76.6 Å². The number of halogens is 3. The van der Waals surface area contributed by atoms with Crippen molar-refractivity contribution in [3.05, 3.63) is 135 Å². The van der Waals surface area contributed by atoms with Crippen molar-refractivity contribution >= 4 is 68.4 Å². The van der Waals surface area contributed by atoms with Crippen molar-refractivity contribution in [1.29, 1.82) is 0 Å². The highest BCUT2D eigenvalue weighted by atomic mass is 79.9. The summed E-state index contributed by atoms with van der Waals surface area (Å²) in [4.78, 5) is 51.8. The highest BCUT2D eigenvalue weighted by molar-refractivity contribution is 9.10. The molecule has 1 heterocycles. The van der Waals surface area contributed by atoms with E-state index in [1.165, 1.54) is 24.3 Å². The minimum absolute atomic E-state index is 0.168. The van der Waals surface area contributed by atoms with Crippen LogP contribution >= 0.6 is 39.1 Å². The molecule has 0 unspecified atom stereocenters. The number of hydrogen-bond donors (Lipinski definition) is 0. The highest BCUT2D eigenvalue weighted by Crippen LogP contribution is 2.69. The molecule has 4 aromatic carbocycles. The van der Waals surface area contributed by atoms with E-state index in [0.717, 1.165) is 31.6 Å². The molecule has 2 bridgehead atoms. The van der Waals surface area contributed by atoms with Gasteiger partial charge in [0.25, 0.3) is 0 Å². The Hall–Kier alpha value is -3.78. The first-order valence-electron chi connectivity index (χ1n) is 13.2. The molecule has 2 atom stereocenters. The van der Waals surface area contributed by atoms with Crippen LogP contribution in [0.2, 0.25) is 0 Å². The molecule has 1 aliphatic heterocycles. The fraction of sp³-hybridized carbons (Fsp3) is 0.152. The normalized spacial score (nSPS) is 25.1. The molecule has 1 saturated heterocycles. The number of ether oxygens (including phenoxy) is 1. The van der Waals surface area contributed by atoms with E-state index in [9.17, 15) is 19.2 Å². The van der Waals surface area contributed by atoms with Crippen molar-refractivity contribution in [2.45, 2.75) is 9.75 Å². The lowest BCUT2D eigenvalue weighted by atomic mass is 9.54. The summed E-state index contributed by atoms with van der Waals surface area (Å²) in [6.07, 6.45) is 0. The SMILES string of the molecule is O=C(COC(=O)c1ccc(N2C(=O)[C@@H]3[C@@H](C2=O)C2(Cl)c4ccccc4C3(Cl)c3ccccc32)cc1)c1ccc(Br)cc1. The monoisotopic (exact) mass is 659 g/mol. The van der Waals surface area contributed by atoms with E-state index in [4.69, 9.17) is 27.9 Å². The van der Waals surface area contributed by atoms with Crippen molar-refractivity contribution in [2.75, 3.05) is 11.5 Å². The number of anilines is 1. The van der Waals surface area contributed by atoms with Gasteiger partial charge in [-0.05, 0) is 58.7 Å². The molecule has 9 heteroatoms. The van der Waals surface area contributed by atoms with Gasteiger partial charge in [0.15, 0.2) is 12.4 Å². The van der Waals surface area contributed by atoms with E-state index in [1.807, 2.05) is 48.5 Å². The molecule has 0 spiro atoms. The number of Topliss-reactive ketones (excluding diaryl/α,β-unsaturated/α-hetero) is 1. The van der Waals surface area contributed by atoms with Crippen molar-refractivity contribution in [3.63, 3.8) is 0 Å². The van der Waals surface area contributed by atoms with E-state index in [0.29, 0.717) is 5.56 Å². The summed E-state index contributed by atoms with van der Waals surface area (Å²) in [5.41, 5.74) is 3.76. The van der Waals surface area contributed by atoms with Crippen LogP contribution in [0.25, 0.3) is 0 Å². The molecular formula is C33H20BrCl2NO5. The Bertz CT molecular complexity index is 1700. The minimum Gasteiger partial charge on any atom is -0.454 e. The fourth-order valence-electron chi connectivity index (χ4n) is 6.60. The van der Waals surface area contributed by atoms with Gasteiger partial charge >= 0.3 is 5.97 Å². The van der Waals surface area contributed by atoms with Crippen LogP contribution in [0.3, 0.4) is 0 Å². The van der Waals surface area contributed by atoms with Crippen molar-refractivity contribution in [1.82, 2.24) is 0 Å². The zero-order chi connectivity index (χ0) is 29.4. The van der Waals surface area contributed by atoms with Crippen LogP contribution in [-0.2, 0) is 24.1 Å². The third kappa shape index (κ3) is 3.63. The van der Waals surface area contributed by atoms with Gasteiger partial charge in [-0.15, -0.1) is 23.2 Å². The number of ketones is 1. The Labute approximate surface area is 259 Å². The number of amides is 2. The summed E-state index contributed by atoms with van der Waals surface area (Å²) < 4.78 is 6.04. The lowest BCUT2D eigenvalue weighted by molar-refractivity contribution is -0.122. The van der Waals surface area contributed by atoms with Crippen molar-refractivity contribution in [2.24, 2.45) is 11.8 Å². The number of carbonyl (C=O) groups is 4. The largest absolute Gasteiger partial charge is 0.454 e. The Morgan fingerprint density at radius 3 is 1.57 bits per heavy atom. The van der Waals surface area contributed by atoms with Crippen LogP contribution in [0.5, 0.6) is 0 Å². The summed E-state index contributed by atoms with van der Waals surface area (Å²) in [5.74, 6) is -3.81. The maximum atomic E-state index is 14.1. The zero-order valence-electron chi connectivity index (χ0n) is 21.7. The second-order valence-electron chi connectivity index (χ2n) is 10.5. The predicted molar refractivity (Wildman–Crippen MR) is 161 cm³/mol. The average Bonchev–Trinajstić information content (AvgIpc) is 3.29. The predicted octanol–water partition coefficient (Wildman–Crippen LogP) is 6.59. The number of benzene rings is 4. The lowest BCUT2D eigenvalue weighted by Gasteiger charge is -2.54. The standard InChI is InChI=1S/C33H20BrCl2NO5/c34-20-13-9-18(10-14-20)26(38)17-42-31(41)19-11-15-21(16-12-19)37-29(39)27-28(30(37)40)33(36)23-6-2-1-5-22(23)32(27,35)24-7-3-4-8-25(24)33/h1-16,27-28H,17H2/t27-,28-,32?,33?/m0/s1. The molecule has 208 valence electrons. The van der Waals surface area contributed by atoms with Gasteiger partial charge in [-0.3, -0.25) is 14.4 Å². The third-order valence-electron chi connectivity index (χ3n) is 8.45. The first-order valence-corrected chi connectivity index (χ1v) is 14.7. The van der Waals surface area contributed by atoms with Crippen LogP contribution in [0.4, 0.5) is 5.69 Å². The second-order valence-corrected chi connectivity index (χ2v) is 12.6. The molecule has 0 aromatic heterocycles. The minimum atomic E-state index is -1.28. The second kappa shape index (κ2) is 9.63. The summed E-state index contributed by atoms with van der Waals surface area (Å²) in [5, 5.41) is 0. The van der Waals surface area contributed by atoms with Gasteiger partial charge in [0, 0.05) is 10.0 Å².